The van der Waals surface area contributed by atoms with Gasteiger partial charge in [-0.1, -0.05) is 25.1 Å². The van der Waals surface area contributed by atoms with Gasteiger partial charge < -0.3 is 9.64 Å². The van der Waals surface area contributed by atoms with E-state index in [1.165, 1.54) is 4.31 Å². The third kappa shape index (κ3) is 4.95. The van der Waals surface area contributed by atoms with E-state index in [0.717, 1.165) is 24.7 Å². The van der Waals surface area contributed by atoms with Crippen molar-refractivity contribution in [3.05, 3.63) is 29.8 Å². The summed E-state index contributed by atoms with van der Waals surface area (Å²) in [5.41, 5.74) is 0.741. The van der Waals surface area contributed by atoms with Crippen LogP contribution >= 0.6 is 0 Å². The van der Waals surface area contributed by atoms with Crippen molar-refractivity contribution in [1.82, 2.24) is 9.21 Å². The van der Waals surface area contributed by atoms with Gasteiger partial charge in [-0.2, -0.15) is 4.31 Å². The van der Waals surface area contributed by atoms with Crippen LogP contribution in [0.4, 0.5) is 0 Å². The van der Waals surface area contributed by atoms with Crippen molar-refractivity contribution in [3.8, 4) is 5.75 Å². The predicted molar refractivity (Wildman–Crippen MR) is 93.2 cm³/mol. The van der Waals surface area contributed by atoms with Crippen molar-refractivity contribution in [2.24, 2.45) is 5.92 Å². The number of amides is 1. The van der Waals surface area contributed by atoms with E-state index >= 15 is 0 Å². The van der Waals surface area contributed by atoms with Crippen LogP contribution in [0, 0.1) is 5.92 Å². The molecule has 0 saturated carbocycles. The molecule has 0 atom stereocenters. The molecule has 1 heterocycles. The molecule has 0 N–H and O–H groups in total. The number of carbonyl (C=O) groups is 1. The van der Waals surface area contributed by atoms with Crippen LogP contribution in [0.1, 0.15) is 25.3 Å². The molecule has 1 aromatic rings. The summed E-state index contributed by atoms with van der Waals surface area (Å²) in [6.07, 6.45) is 3.07. The number of hydrogen-bond donors (Lipinski definition) is 0. The maximum absolute atomic E-state index is 12.5. The van der Waals surface area contributed by atoms with Crippen LogP contribution in [0.2, 0.25) is 0 Å². The first-order valence-corrected chi connectivity index (χ1v) is 10.0. The number of nitrogens with zero attached hydrogens (tertiary/aromatic N) is 2. The second-order valence-electron chi connectivity index (χ2n) is 6.41. The lowest BCUT2D eigenvalue weighted by Gasteiger charge is -2.32. The topological polar surface area (TPSA) is 66.9 Å². The molecule has 134 valence electrons. The van der Waals surface area contributed by atoms with Gasteiger partial charge in [0.25, 0.3) is 0 Å². The lowest BCUT2D eigenvalue weighted by atomic mass is 9.99. The van der Waals surface area contributed by atoms with Gasteiger partial charge in [0.15, 0.2) is 0 Å². The number of rotatable bonds is 6. The summed E-state index contributed by atoms with van der Waals surface area (Å²) in [6, 6.07) is 7.24. The Morgan fingerprint density at radius 2 is 1.92 bits per heavy atom. The molecule has 0 radical (unpaired) electrons. The molecule has 1 saturated heterocycles. The second-order valence-corrected chi connectivity index (χ2v) is 8.39. The Morgan fingerprint density at radius 3 is 2.50 bits per heavy atom. The zero-order chi connectivity index (χ0) is 17.7. The third-order valence-corrected chi connectivity index (χ3v) is 5.65. The van der Waals surface area contributed by atoms with E-state index < -0.39 is 10.0 Å². The van der Waals surface area contributed by atoms with Gasteiger partial charge >= 0.3 is 0 Å². The summed E-state index contributed by atoms with van der Waals surface area (Å²) in [6.45, 7) is 3.56. The molecule has 1 fully saturated rings. The van der Waals surface area contributed by atoms with Crippen LogP contribution in [0.15, 0.2) is 24.3 Å². The van der Waals surface area contributed by atoms with Gasteiger partial charge in [-0.3, -0.25) is 4.79 Å². The van der Waals surface area contributed by atoms with Gasteiger partial charge in [-0.25, -0.2) is 8.42 Å². The van der Waals surface area contributed by atoms with Crippen LogP contribution in [0.3, 0.4) is 0 Å². The second kappa shape index (κ2) is 7.98. The highest BCUT2D eigenvalue weighted by molar-refractivity contribution is 7.88. The number of likely N-dealkylation sites (tertiary alicyclic amines) is 1. The normalized spacial score (nSPS) is 16.4. The van der Waals surface area contributed by atoms with E-state index in [0.29, 0.717) is 24.8 Å². The van der Waals surface area contributed by atoms with Gasteiger partial charge in [0.1, 0.15) is 5.75 Å². The number of carbonyl (C=O) groups excluding carboxylic acids is 1. The fourth-order valence-corrected chi connectivity index (χ4v) is 3.54. The average molecular weight is 354 g/mol. The largest absolute Gasteiger partial charge is 0.496 e. The highest BCUT2D eigenvalue weighted by Gasteiger charge is 2.26. The van der Waals surface area contributed by atoms with Crippen LogP contribution in [-0.2, 0) is 21.4 Å². The molecule has 2 rings (SSSR count). The lowest BCUT2D eigenvalue weighted by Crippen LogP contribution is -2.45. The van der Waals surface area contributed by atoms with E-state index in [9.17, 15) is 13.2 Å². The Hall–Kier alpha value is -1.60. The zero-order valence-corrected chi connectivity index (χ0v) is 15.4. The van der Waals surface area contributed by atoms with Gasteiger partial charge in [0.2, 0.25) is 15.9 Å². The molecule has 7 heteroatoms. The molecular formula is C17H26N2O4S. The Labute approximate surface area is 144 Å². The quantitative estimate of drug-likeness (QED) is 0.780. The van der Waals surface area contributed by atoms with Crippen LogP contribution < -0.4 is 4.74 Å². The van der Waals surface area contributed by atoms with Crippen molar-refractivity contribution in [1.29, 1.82) is 0 Å². The summed E-state index contributed by atoms with van der Waals surface area (Å²) >= 11 is 0. The monoisotopic (exact) mass is 354 g/mol. The average Bonchev–Trinajstić information content (AvgIpc) is 2.54. The van der Waals surface area contributed by atoms with E-state index in [-0.39, 0.29) is 19.0 Å². The molecule has 1 aliphatic heterocycles. The first kappa shape index (κ1) is 18.7. The number of piperidine rings is 1. The number of methoxy groups -OCH3 is 1. The molecule has 0 unspecified atom stereocenters. The predicted octanol–water partition coefficient (Wildman–Crippen LogP) is 1.72. The molecule has 0 spiro atoms. The Balaban J connectivity index is 2.10. The number of para-hydroxylation sites is 1. The highest BCUT2D eigenvalue weighted by atomic mass is 32.2. The minimum absolute atomic E-state index is 0.124. The lowest BCUT2D eigenvalue weighted by molar-refractivity contribution is -0.132. The SMILES string of the molecule is COc1ccccc1CN(CC(=O)N1CCC(C)CC1)S(C)(=O)=O. The minimum Gasteiger partial charge on any atom is -0.496 e. The Morgan fingerprint density at radius 1 is 1.29 bits per heavy atom. The van der Waals surface area contributed by atoms with E-state index in [4.69, 9.17) is 4.74 Å². The van der Waals surface area contributed by atoms with Gasteiger partial charge in [-0.15, -0.1) is 0 Å². The number of sulfonamides is 1. The first-order valence-electron chi connectivity index (χ1n) is 8.16. The maximum atomic E-state index is 12.5. The van der Waals surface area contributed by atoms with Gasteiger partial charge in [0.05, 0.1) is 19.9 Å². The summed E-state index contributed by atoms with van der Waals surface area (Å²) in [4.78, 5) is 14.3. The molecule has 0 aliphatic carbocycles. The summed E-state index contributed by atoms with van der Waals surface area (Å²) in [5, 5.41) is 0. The Kier molecular flexibility index (Phi) is 6.23. The van der Waals surface area contributed by atoms with Crippen LogP contribution in [0.25, 0.3) is 0 Å². The zero-order valence-electron chi connectivity index (χ0n) is 14.6. The van der Waals surface area contributed by atoms with E-state index in [1.54, 1.807) is 18.1 Å². The van der Waals surface area contributed by atoms with Crippen LogP contribution in [0.5, 0.6) is 5.75 Å². The van der Waals surface area contributed by atoms with Gasteiger partial charge in [0, 0.05) is 25.2 Å². The number of ether oxygens (including phenoxy) is 1. The standard InChI is InChI=1S/C17H26N2O4S/c1-14-8-10-18(11-9-14)17(20)13-19(24(3,21)22)12-15-6-4-5-7-16(15)23-2/h4-7,14H,8-13H2,1-3H3. The van der Waals surface area contributed by atoms with Crippen molar-refractivity contribution in [2.75, 3.05) is 33.0 Å². The molecule has 1 aliphatic rings. The molecule has 1 aromatic carbocycles. The molecule has 24 heavy (non-hydrogen) atoms. The number of hydrogen-bond acceptors (Lipinski definition) is 4. The summed E-state index contributed by atoms with van der Waals surface area (Å²) in [5.74, 6) is 1.10. The Bertz CT molecular complexity index is 667. The van der Waals surface area contributed by atoms with Crippen molar-refractivity contribution in [2.45, 2.75) is 26.3 Å². The molecule has 1 amide bonds. The van der Waals surface area contributed by atoms with E-state index in [2.05, 4.69) is 6.92 Å². The molecule has 0 aromatic heterocycles. The minimum atomic E-state index is -3.50. The smallest absolute Gasteiger partial charge is 0.237 e. The van der Waals surface area contributed by atoms with Crippen molar-refractivity contribution in [3.63, 3.8) is 0 Å². The van der Waals surface area contributed by atoms with Crippen molar-refractivity contribution < 1.29 is 17.9 Å². The number of benzene rings is 1. The first-order chi connectivity index (χ1) is 11.3. The maximum Gasteiger partial charge on any atom is 0.237 e. The molecular weight excluding hydrogens is 328 g/mol. The fourth-order valence-electron chi connectivity index (χ4n) is 2.82. The highest BCUT2D eigenvalue weighted by Crippen LogP contribution is 2.21. The van der Waals surface area contributed by atoms with Crippen LogP contribution in [-0.4, -0.2) is 56.5 Å². The third-order valence-electron chi connectivity index (χ3n) is 4.46. The van der Waals surface area contributed by atoms with E-state index in [1.807, 2.05) is 18.2 Å². The summed E-state index contributed by atoms with van der Waals surface area (Å²) < 4.78 is 30.7. The van der Waals surface area contributed by atoms with Crippen molar-refractivity contribution >= 4 is 15.9 Å². The van der Waals surface area contributed by atoms with Gasteiger partial charge in [-0.05, 0) is 24.8 Å². The fraction of sp³-hybridized carbons (Fsp3) is 0.588. The molecule has 0 bridgehead atoms. The molecule has 6 nitrogen and oxygen atoms in total. The summed E-state index contributed by atoms with van der Waals surface area (Å²) in [7, 11) is -1.96.